The van der Waals surface area contributed by atoms with Gasteiger partial charge in [0.1, 0.15) is 6.61 Å². The molecule has 5 nitrogen and oxygen atoms in total. The number of ether oxygens (including phenoxy) is 1. The van der Waals surface area contributed by atoms with E-state index >= 15 is 0 Å². The molecular formula is C41H49O5P. The van der Waals surface area contributed by atoms with Gasteiger partial charge in [0.15, 0.2) is 5.78 Å². The molecule has 6 heteroatoms. The molecule has 0 amide bonds. The second kappa shape index (κ2) is 16.7. The maximum atomic E-state index is 11.7. The standard InChI is InChI=1S/C21H29O2P.C10H10O.C8H8O2.C2H2/c1-14(2)20-11-18(8-7-15(20)3)12-21-16(4)9-19(10-17(21)5)13-24(6,22)23;1-7-6-10(11)9-5-3-2-4-8(7)9;9-8-7-4-2-1-3-6(7)5-10-8;1-2/h7-11,14H,12-13H2,1-6H3,(H,22,23);2-5,7H,6H2,1H3;1,3H,2,4-5H2;1-2H. The first-order chi connectivity index (χ1) is 22.2. The number of benzene rings is 3. The van der Waals surface area contributed by atoms with Gasteiger partial charge in [-0.2, -0.15) is 0 Å². The number of carbonyl (C=O) groups is 2. The van der Waals surface area contributed by atoms with Gasteiger partial charge in [-0.1, -0.05) is 87.5 Å². The second-order valence-electron chi connectivity index (χ2n) is 13.1. The topological polar surface area (TPSA) is 80.7 Å². The normalized spacial score (nSPS) is 17.2. The van der Waals surface area contributed by atoms with E-state index in [1.54, 1.807) is 0 Å². The van der Waals surface area contributed by atoms with Crippen LogP contribution in [-0.2, 0) is 26.7 Å². The Hall–Kier alpha value is -3.97. The molecule has 2 unspecified atom stereocenters. The van der Waals surface area contributed by atoms with E-state index in [-0.39, 0.29) is 12.1 Å². The van der Waals surface area contributed by atoms with E-state index in [1.807, 2.05) is 30.3 Å². The van der Waals surface area contributed by atoms with E-state index in [2.05, 4.69) is 90.8 Å². The van der Waals surface area contributed by atoms with E-state index in [9.17, 15) is 19.0 Å². The second-order valence-corrected chi connectivity index (χ2v) is 15.5. The lowest BCUT2D eigenvalue weighted by atomic mass is 9.90. The fourth-order valence-corrected chi connectivity index (χ4v) is 7.27. The van der Waals surface area contributed by atoms with E-state index in [4.69, 9.17) is 4.74 Å². The number of rotatable bonds is 5. The summed E-state index contributed by atoms with van der Waals surface area (Å²) >= 11 is 0. The highest BCUT2D eigenvalue weighted by molar-refractivity contribution is 7.56. The van der Waals surface area contributed by atoms with Crippen LogP contribution in [0.5, 0.6) is 0 Å². The van der Waals surface area contributed by atoms with E-state index in [0.29, 0.717) is 30.6 Å². The van der Waals surface area contributed by atoms with Crippen molar-refractivity contribution < 1.29 is 23.8 Å². The van der Waals surface area contributed by atoms with Gasteiger partial charge in [0.25, 0.3) is 0 Å². The van der Waals surface area contributed by atoms with Crippen molar-refractivity contribution in [3.05, 3.63) is 128 Å². The molecule has 3 aromatic carbocycles. The SMILES string of the molecule is C#C.CC1CC(=O)c2ccccc21.Cc1ccc(Cc2c(C)cc(CP(C)(=O)O)cc2C)cc1C(C)C.O=C1OCC2=C1CCC=C2. The maximum Gasteiger partial charge on any atom is 0.334 e. The molecule has 0 radical (unpaired) electrons. The van der Waals surface area contributed by atoms with Crippen LogP contribution in [0.1, 0.15) is 107 Å². The largest absolute Gasteiger partial charge is 0.457 e. The van der Waals surface area contributed by atoms with Crippen molar-refractivity contribution in [3.8, 4) is 12.8 Å². The average Bonchev–Trinajstić information content (AvgIpc) is 3.54. The van der Waals surface area contributed by atoms with Gasteiger partial charge in [0.2, 0.25) is 7.37 Å². The Kier molecular flexibility index (Phi) is 13.3. The van der Waals surface area contributed by atoms with Gasteiger partial charge < -0.3 is 9.63 Å². The third-order valence-corrected chi connectivity index (χ3v) is 9.69. The Morgan fingerprint density at radius 1 is 0.957 bits per heavy atom. The zero-order valence-electron chi connectivity index (χ0n) is 28.9. The lowest BCUT2D eigenvalue weighted by molar-refractivity contribution is -0.136. The molecule has 0 bridgehead atoms. The third kappa shape index (κ3) is 10.3. The molecule has 47 heavy (non-hydrogen) atoms. The predicted octanol–water partition coefficient (Wildman–Crippen LogP) is 9.54. The zero-order chi connectivity index (χ0) is 34.9. The van der Waals surface area contributed by atoms with Crippen molar-refractivity contribution in [2.24, 2.45) is 0 Å². The summed E-state index contributed by atoms with van der Waals surface area (Å²) < 4.78 is 16.5. The summed E-state index contributed by atoms with van der Waals surface area (Å²) in [6.45, 7) is 14.8. The average molecular weight is 653 g/mol. The molecule has 0 saturated heterocycles. The number of esters is 1. The fraction of sp³-hybridized carbons (Fsp3) is 0.366. The molecule has 1 aliphatic heterocycles. The molecule has 3 aromatic rings. The Balaban J connectivity index is 0.000000213. The van der Waals surface area contributed by atoms with Gasteiger partial charge in [0.05, 0.1) is 0 Å². The number of Topliss-reactive ketones (excluding diaryl/α,β-unsaturated/α-hetero) is 1. The van der Waals surface area contributed by atoms with Crippen molar-refractivity contribution >= 4 is 19.1 Å². The predicted molar refractivity (Wildman–Crippen MR) is 193 cm³/mol. The number of ketones is 1. The van der Waals surface area contributed by atoms with Gasteiger partial charge in [-0.3, -0.25) is 9.36 Å². The van der Waals surface area contributed by atoms with Crippen molar-refractivity contribution in [1.29, 1.82) is 0 Å². The van der Waals surface area contributed by atoms with Crippen LogP contribution >= 0.6 is 7.37 Å². The van der Waals surface area contributed by atoms with Crippen LogP contribution in [0, 0.1) is 33.6 Å². The van der Waals surface area contributed by atoms with Gasteiger partial charge in [-0.05, 0) is 102 Å². The number of fused-ring (bicyclic) bond motifs is 1. The van der Waals surface area contributed by atoms with Crippen LogP contribution in [0.3, 0.4) is 0 Å². The molecule has 0 saturated carbocycles. The molecular weight excluding hydrogens is 603 g/mol. The number of terminal acetylenes is 1. The third-order valence-electron chi connectivity index (χ3n) is 8.73. The number of hydrogen-bond donors (Lipinski definition) is 1. The Morgan fingerprint density at radius 2 is 1.62 bits per heavy atom. The van der Waals surface area contributed by atoms with Crippen molar-refractivity contribution in [3.63, 3.8) is 0 Å². The molecule has 6 rings (SSSR count). The summed E-state index contributed by atoms with van der Waals surface area (Å²) in [6.07, 6.45) is 15.8. The van der Waals surface area contributed by atoms with E-state index < -0.39 is 7.37 Å². The number of aryl methyl sites for hydroxylation is 3. The first-order valence-electron chi connectivity index (χ1n) is 16.2. The smallest absolute Gasteiger partial charge is 0.334 e. The van der Waals surface area contributed by atoms with Crippen LogP contribution in [0.25, 0.3) is 0 Å². The highest BCUT2D eigenvalue weighted by Crippen LogP contribution is 2.40. The Labute approximate surface area is 281 Å². The summed E-state index contributed by atoms with van der Waals surface area (Å²) in [5, 5.41) is 0. The molecule has 0 aromatic heterocycles. The van der Waals surface area contributed by atoms with Crippen molar-refractivity contribution in [2.75, 3.05) is 13.3 Å². The summed E-state index contributed by atoms with van der Waals surface area (Å²) in [7, 11) is -3.03. The minimum absolute atomic E-state index is 0.112. The van der Waals surface area contributed by atoms with Gasteiger partial charge in [0, 0.05) is 30.4 Å². The number of carbonyl (C=O) groups excluding carboxylic acids is 2. The minimum atomic E-state index is -3.03. The summed E-state index contributed by atoms with van der Waals surface area (Å²) in [4.78, 5) is 31.8. The number of hydrogen-bond acceptors (Lipinski definition) is 4. The molecule has 248 valence electrons. The zero-order valence-corrected chi connectivity index (χ0v) is 29.8. The van der Waals surface area contributed by atoms with Crippen LogP contribution in [0.4, 0.5) is 0 Å². The molecule has 0 fully saturated rings. The molecule has 1 heterocycles. The van der Waals surface area contributed by atoms with Crippen LogP contribution < -0.4 is 0 Å². The van der Waals surface area contributed by atoms with Gasteiger partial charge >= 0.3 is 5.97 Å². The highest BCUT2D eigenvalue weighted by atomic mass is 31.2. The highest BCUT2D eigenvalue weighted by Gasteiger charge is 2.25. The van der Waals surface area contributed by atoms with Gasteiger partial charge in [-0.25, -0.2) is 4.79 Å². The van der Waals surface area contributed by atoms with E-state index in [1.165, 1.54) is 45.6 Å². The molecule has 0 spiro atoms. The first kappa shape index (κ1) is 37.5. The molecule has 2 aliphatic carbocycles. The number of allylic oxidation sites excluding steroid dienone is 1. The summed E-state index contributed by atoms with van der Waals surface area (Å²) in [6, 6.07) is 18.7. The summed E-state index contributed by atoms with van der Waals surface area (Å²) in [5.41, 5.74) is 12.9. The molecule has 1 N–H and O–H groups in total. The van der Waals surface area contributed by atoms with E-state index in [0.717, 1.165) is 41.5 Å². The van der Waals surface area contributed by atoms with Crippen LogP contribution in [-0.4, -0.2) is 29.9 Å². The van der Waals surface area contributed by atoms with Crippen LogP contribution in [0.15, 0.2) is 77.9 Å². The maximum absolute atomic E-state index is 11.7. The Morgan fingerprint density at radius 3 is 2.21 bits per heavy atom. The Bertz CT molecular complexity index is 1710. The van der Waals surface area contributed by atoms with Crippen molar-refractivity contribution in [1.82, 2.24) is 0 Å². The quantitative estimate of drug-likeness (QED) is 0.169. The fourth-order valence-electron chi connectivity index (χ4n) is 6.41. The summed E-state index contributed by atoms with van der Waals surface area (Å²) in [5.74, 6) is 1.14. The lowest BCUT2D eigenvalue weighted by Crippen LogP contribution is -2.00. The number of cyclic esters (lactones) is 1. The van der Waals surface area contributed by atoms with Crippen molar-refractivity contribution in [2.45, 2.75) is 85.2 Å². The molecule has 3 aliphatic rings. The van der Waals surface area contributed by atoms with Crippen LogP contribution in [0.2, 0.25) is 0 Å². The lowest BCUT2D eigenvalue weighted by Gasteiger charge is -2.16. The molecule has 2 atom stereocenters. The first-order valence-corrected chi connectivity index (χ1v) is 18.5. The monoisotopic (exact) mass is 652 g/mol. The minimum Gasteiger partial charge on any atom is -0.457 e. The van der Waals surface area contributed by atoms with Gasteiger partial charge in [-0.15, -0.1) is 12.8 Å².